The molecular formula is C28H45F2N7O3. The van der Waals surface area contributed by atoms with Gasteiger partial charge in [0.25, 0.3) is 0 Å². The van der Waals surface area contributed by atoms with Crippen molar-refractivity contribution in [1.29, 1.82) is 0 Å². The number of alkyl halides is 2. The van der Waals surface area contributed by atoms with Crippen molar-refractivity contribution in [3.63, 3.8) is 0 Å². The fraction of sp³-hybridized carbons (Fsp3) is 0.857. The fourth-order valence-corrected chi connectivity index (χ4v) is 8.48. The van der Waals surface area contributed by atoms with Gasteiger partial charge in [-0.3, -0.25) is 25.6 Å². The molecule has 6 rings (SSSR count). The van der Waals surface area contributed by atoms with E-state index < -0.39 is 36.6 Å². The maximum Gasteiger partial charge on any atom is 0.320 e. The highest BCUT2D eigenvalue weighted by atomic mass is 19.1. The maximum absolute atomic E-state index is 16.2. The van der Waals surface area contributed by atoms with Crippen molar-refractivity contribution >= 4 is 11.9 Å². The molecular weight excluding hydrogens is 520 g/mol. The second kappa shape index (κ2) is 11.4. The number of fused-ring (bicyclic) bond motifs is 5. The number of amides is 3. The Morgan fingerprint density at radius 1 is 1.18 bits per heavy atom. The van der Waals surface area contributed by atoms with E-state index in [0.717, 1.165) is 19.3 Å². The summed E-state index contributed by atoms with van der Waals surface area (Å²) in [6.45, 7) is 10.3. The molecule has 3 amide bonds. The second-order valence-corrected chi connectivity index (χ2v) is 12.5. The SMILES string of the molecule is C=CC(=O)N1CCN(C2NC(=O)N3C4NC(C(F)CC42)C2C(F)CCCC2OCC2NCNC(CC)C23)[C@@H](C)C1. The first-order chi connectivity index (χ1) is 19.3. The van der Waals surface area contributed by atoms with E-state index in [1.165, 1.54) is 6.08 Å². The highest BCUT2D eigenvalue weighted by molar-refractivity contribution is 5.87. The minimum Gasteiger partial charge on any atom is -0.376 e. The fourth-order valence-electron chi connectivity index (χ4n) is 8.48. The van der Waals surface area contributed by atoms with Crippen LogP contribution >= 0.6 is 0 Å². The molecule has 40 heavy (non-hydrogen) atoms. The summed E-state index contributed by atoms with van der Waals surface area (Å²) in [5, 5.41) is 13.8. The second-order valence-electron chi connectivity index (χ2n) is 12.5. The van der Waals surface area contributed by atoms with Crippen LogP contribution < -0.4 is 21.3 Å². The van der Waals surface area contributed by atoms with Crippen molar-refractivity contribution in [2.24, 2.45) is 11.8 Å². The Hall–Kier alpha value is -1.86. The van der Waals surface area contributed by atoms with Crippen LogP contribution in [0.5, 0.6) is 0 Å². The van der Waals surface area contributed by atoms with Crippen LogP contribution in [0.15, 0.2) is 12.7 Å². The van der Waals surface area contributed by atoms with Gasteiger partial charge >= 0.3 is 6.03 Å². The lowest BCUT2D eigenvalue weighted by Gasteiger charge is -2.60. The van der Waals surface area contributed by atoms with Gasteiger partial charge in [-0.25, -0.2) is 13.6 Å². The molecule has 0 aromatic rings. The van der Waals surface area contributed by atoms with Gasteiger partial charge in [0, 0.05) is 56.3 Å². The zero-order valence-electron chi connectivity index (χ0n) is 23.6. The minimum atomic E-state index is -1.27. The molecule has 12 heteroatoms. The number of halogens is 2. The Morgan fingerprint density at radius 2 is 2.00 bits per heavy atom. The third-order valence-corrected chi connectivity index (χ3v) is 10.4. The molecule has 5 heterocycles. The lowest BCUT2D eigenvalue weighted by atomic mass is 9.73. The van der Waals surface area contributed by atoms with Gasteiger partial charge in [-0.1, -0.05) is 13.5 Å². The third kappa shape index (κ3) is 4.83. The number of nitrogens with one attached hydrogen (secondary N) is 4. The molecule has 224 valence electrons. The molecule has 4 N–H and O–H groups in total. The Bertz CT molecular complexity index is 976. The number of hydrogen-bond donors (Lipinski definition) is 4. The van der Waals surface area contributed by atoms with Crippen molar-refractivity contribution in [3.8, 4) is 0 Å². The summed E-state index contributed by atoms with van der Waals surface area (Å²) in [4.78, 5) is 32.2. The normalized spacial score (nSPS) is 46.0. The lowest BCUT2D eigenvalue weighted by molar-refractivity contribution is -0.139. The zero-order valence-corrected chi connectivity index (χ0v) is 23.6. The average molecular weight is 566 g/mol. The minimum absolute atomic E-state index is 0.0315. The molecule has 5 aliphatic heterocycles. The number of piperidine rings is 1. The Kier molecular flexibility index (Phi) is 8.08. The van der Waals surface area contributed by atoms with Crippen LogP contribution in [0.3, 0.4) is 0 Å². The van der Waals surface area contributed by atoms with Crippen LogP contribution in [0.2, 0.25) is 0 Å². The number of carbonyl (C=O) groups is 2. The van der Waals surface area contributed by atoms with Crippen LogP contribution in [0.4, 0.5) is 13.6 Å². The van der Waals surface area contributed by atoms with E-state index >= 15 is 8.78 Å². The average Bonchev–Trinajstić information content (AvgIpc) is 2.95. The molecule has 6 aliphatic rings. The smallest absolute Gasteiger partial charge is 0.320 e. The summed E-state index contributed by atoms with van der Waals surface area (Å²) in [5.74, 6) is -0.959. The van der Waals surface area contributed by atoms with Gasteiger partial charge in [0.2, 0.25) is 5.91 Å². The largest absolute Gasteiger partial charge is 0.376 e. The van der Waals surface area contributed by atoms with E-state index in [-0.39, 0.29) is 54.5 Å². The third-order valence-electron chi connectivity index (χ3n) is 10.4. The Morgan fingerprint density at radius 3 is 2.75 bits per heavy atom. The van der Waals surface area contributed by atoms with Crippen molar-refractivity contribution in [1.82, 2.24) is 36.0 Å². The molecule has 1 aliphatic carbocycles. The van der Waals surface area contributed by atoms with E-state index in [9.17, 15) is 9.59 Å². The van der Waals surface area contributed by atoms with Crippen molar-refractivity contribution < 1.29 is 23.1 Å². The molecule has 0 aromatic heterocycles. The van der Waals surface area contributed by atoms with Gasteiger partial charge in [0.1, 0.15) is 12.3 Å². The standard InChI is InChI=1S/C28H45F2N7O3/c1-4-19-25-20(32-14-31-19)13-40-21-8-6-7-17(29)23(21)24-18(30)11-16-26(34-28(39)37(25)27(16)33-24)36-10-9-35(12-15(36)3)22(38)5-2/h5,15-21,23-27,31-33H,2,4,6-14H2,1,3H3,(H,34,39)/t15-,16?,17?,18?,19?,20?,21?,23?,24?,25?,26?,27?/m0/s1. The van der Waals surface area contributed by atoms with Crippen LogP contribution in [0, 0.1) is 11.8 Å². The van der Waals surface area contributed by atoms with E-state index in [1.807, 2.05) is 11.8 Å². The van der Waals surface area contributed by atoms with Crippen LogP contribution in [-0.4, -0.2) is 121 Å². The van der Waals surface area contributed by atoms with Crippen molar-refractivity contribution in [3.05, 3.63) is 12.7 Å². The molecule has 6 fully saturated rings. The number of rotatable bonds is 3. The van der Waals surface area contributed by atoms with Crippen LogP contribution in [-0.2, 0) is 9.53 Å². The monoisotopic (exact) mass is 565 g/mol. The van der Waals surface area contributed by atoms with Crippen molar-refractivity contribution in [2.45, 2.75) is 107 Å². The number of piperazine rings is 1. The first-order valence-corrected chi connectivity index (χ1v) is 15.2. The van der Waals surface area contributed by atoms with E-state index in [0.29, 0.717) is 39.3 Å². The van der Waals surface area contributed by atoms with Crippen LogP contribution in [0.1, 0.15) is 46.0 Å². The van der Waals surface area contributed by atoms with Gasteiger partial charge in [-0.15, -0.1) is 0 Å². The summed E-state index contributed by atoms with van der Waals surface area (Å²) in [7, 11) is 0. The molecule has 1 saturated carbocycles. The number of hydrogen-bond acceptors (Lipinski definition) is 7. The maximum atomic E-state index is 16.2. The van der Waals surface area contributed by atoms with Gasteiger partial charge in [0.05, 0.1) is 37.1 Å². The molecule has 0 radical (unpaired) electrons. The van der Waals surface area contributed by atoms with E-state index in [2.05, 4.69) is 39.7 Å². The number of nitrogens with zero attached hydrogens (tertiary/aromatic N) is 3. The van der Waals surface area contributed by atoms with E-state index in [4.69, 9.17) is 4.74 Å². The first kappa shape index (κ1) is 28.3. The van der Waals surface area contributed by atoms with Gasteiger partial charge in [-0.05, 0) is 45.1 Å². The van der Waals surface area contributed by atoms with Gasteiger partial charge < -0.3 is 19.9 Å². The van der Waals surface area contributed by atoms with E-state index in [1.54, 1.807) is 4.90 Å². The number of ether oxygens (including phenoxy) is 1. The Balaban J connectivity index is 1.36. The predicted molar refractivity (Wildman–Crippen MR) is 146 cm³/mol. The molecule has 5 saturated heterocycles. The van der Waals surface area contributed by atoms with Crippen molar-refractivity contribution in [2.75, 3.05) is 32.9 Å². The molecule has 0 spiro atoms. The molecule has 12 atom stereocenters. The topological polar surface area (TPSA) is 101 Å². The summed E-state index contributed by atoms with van der Waals surface area (Å²) >= 11 is 0. The van der Waals surface area contributed by atoms with Crippen LogP contribution in [0.25, 0.3) is 0 Å². The number of urea groups is 1. The van der Waals surface area contributed by atoms with Gasteiger partial charge in [-0.2, -0.15) is 0 Å². The Labute approximate surface area is 235 Å². The summed E-state index contributed by atoms with van der Waals surface area (Å²) in [6.07, 6.45) is 0.586. The predicted octanol–water partition coefficient (Wildman–Crippen LogP) is 0.902. The van der Waals surface area contributed by atoms with Gasteiger partial charge in [0.15, 0.2) is 0 Å². The highest BCUT2D eigenvalue weighted by Gasteiger charge is 2.58. The molecule has 10 nitrogen and oxygen atoms in total. The first-order valence-electron chi connectivity index (χ1n) is 15.2. The number of carbonyl (C=O) groups excluding carboxylic acids is 2. The summed E-state index contributed by atoms with van der Waals surface area (Å²) < 4.78 is 38.2. The lowest BCUT2D eigenvalue weighted by Crippen LogP contribution is -2.82. The molecule has 11 unspecified atom stereocenters. The summed E-state index contributed by atoms with van der Waals surface area (Å²) in [6, 6.07) is -1.30. The molecule has 2 bridgehead atoms. The highest BCUT2D eigenvalue weighted by Crippen LogP contribution is 2.42. The zero-order chi connectivity index (χ0) is 28.1. The summed E-state index contributed by atoms with van der Waals surface area (Å²) in [5.41, 5.74) is 0. The molecule has 0 aromatic carbocycles. The quantitative estimate of drug-likeness (QED) is 0.378.